The van der Waals surface area contributed by atoms with Crippen molar-refractivity contribution in [2.45, 2.75) is 0 Å². The quantitative estimate of drug-likeness (QED) is 0.641. The molecule has 0 bridgehead atoms. The molecule has 2 aliphatic rings. The van der Waals surface area contributed by atoms with E-state index in [1.807, 2.05) is 0 Å². The predicted octanol–water partition coefficient (Wildman–Crippen LogP) is 3.60. The molecular weight excluding hydrogens is 407 g/mol. The average molecular weight is 418 g/mol. The van der Waals surface area contributed by atoms with E-state index in [9.17, 15) is 14.0 Å². The lowest BCUT2D eigenvalue weighted by Crippen LogP contribution is -2.35. The molecule has 0 radical (unpaired) electrons. The standard InChI is InChI=1S/C21H11FN4O3S/c22-15-7-3-1-5-12(15)20-25-26-18(23)14(19(28)24-21(26)30-20)9-11-10-29-16-8-4-2-6-13(16)17(11)27/h1-10,23H/b14-9-,23-18?. The normalized spacial score (nSPS) is 17.4. The zero-order chi connectivity index (χ0) is 20.8. The van der Waals surface area contributed by atoms with Crippen molar-refractivity contribution in [2.75, 3.05) is 0 Å². The first-order valence-corrected chi connectivity index (χ1v) is 9.60. The number of hydrogen-bond acceptors (Lipinski definition) is 6. The van der Waals surface area contributed by atoms with Crippen molar-refractivity contribution in [1.82, 2.24) is 5.01 Å². The van der Waals surface area contributed by atoms with E-state index in [0.29, 0.717) is 11.0 Å². The van der Waals surface area contributed by atoms with Gasteiger partial charge in [-0.15, -0.1) is 0 Å². The van der Waals surface area contributed by atoms with Crippen LogP contribution in [0.25, 0.3) is 17.0 Å². The van der Waals surface area contributed by atoms with E-state index in [4.69, 9.17) is 9.83 Å². The summed E-state index contributed by atoms with van der Waals surface area (Å²) in [5.41, 5.74) is 0.350. The smallest absolute Gasteiger partial charge is 0.283 e. The minimum atomic E-state index is -0.684. The Morgan fingerprint density at radius 3 is 2.70 bits per heavy atom. The van der Waals surface area contributed by atoms with Gasteiger partial charge in [0.25, 0.3) is 5.91 Å². The number of rotatable bonds is 2. The second-order valence-corrected chi connectivity index (χ2v) is 7.38. The van der Waals surface area contributed by atoms with Crippen LogP contribution in [0.5, 0.6) is 0 Å². The molecule has 0 saturated heterocycles. The molecule has 7 nitrogen and oxygen atoms in total. The van der Waals surface area contributed by atoms with Crippen LogP contribution in [-0.4, -0.2) is 27.0 Å². The van der Waals surface area contributed by atoms with Crippen molar-refractivity contribution < 1.29 is 13.6 Å². The molecule has 0 spiro atoms. The number of amides is 1. The van der Waals surface area contributed by atoms with Gasteiger partial charge in [0.15, 0.2) is 11.3 Å². The van der Waals surface area contributed by atoms with Gasteiger partial charge in [-0.2, -0.15) is 15.1 Å². The van der Waals surface area contributed by atoms with Crippen LogP contribution in [0.3, 0.4) is 0 Å². The van der Waals surface area contributed by atoms with E-state index in [2.05, 4.69) is 10.1 Å². The molecule has 1 amide bonds. The summed E-state index contributed by atoms with van der Waals surface area (Å²) in [5.74, 6) is -1.40. The van der Waals surface area contributed by atoms with Crippen LogP contribution in [0.2, 0.25) is 0 Å². The average Bonchev–Trinajstić information content (AvgIpc) is 3.17. The lowest BCUT2D eigenvalue weighted by Gasteiger charge is -2.20. The minimum Gasteiger partial charge on any atom is -0.463 e. The third-order valence-corrected chi connectivity index (χ3v) is 5.51. The van der Waals surface area contributed by atoms with E-state index in [0.717, 1.165) is 16.8 Å². The van der Waals surface area contributed by atoms with Crippen LogP contribution in [0.1, 0.15) is 11.1 Å². The number of amidine groups is 2. The van der Waals surface area contributed by atoms with Gasteiger partial charge in [0.1, 0.15) is 22.7 Å². The maximum absolute atomic E-state index is 14.1. The molecule has 30 heavy (non-hydrogen) atoms. The maximum atomic E-state index is 14.1. The summed E-state index contributed by atoms with van der Waals surface area (Å²) < 4.78 is 19.6. The van der Waals surface area contributed by atoms with E-state index in [-0.39, 0.29) is 38.2 Å². The summed E-state index contributed by atoms with van der Waals surface area (Å²) in [6.45, 7) is 0. The van der Waals surface area contributed by atoms with Crippen LogP contribution in [0.4, 0.5) is 4.39 Å². The molecule has 3 heterocycles. The summed E-state index contributed by atoms with van der Waals surface area (Å²) in [5, 5.41) is 14.6. The fourth-order valence-electron chi connectivity index (χ4n) is 3.08. The largest absolute Gasteiger partial charge is 0.463 e. The zero-order valence-electron chi connectivity index (χ0n) is 15.1. The zero-order valence-corrected chi connectivity index (χ0v) is 15.9. The van der Waals surface area contributed by atoms with Crippen molar-refractivity contribution in [2.24, 2.45) is 10.1 Å². The van der Waals surface area contributed by atoms with Gasteiger partial charge >= 0.3 is 0 Å². The lowest BCUT2D eigenvalue weighted by molar-refractivity contribution is -0.114. The van der Waals surface area contributed by atoms with Crippen molar-refractivity contribution in [3.63, 3.8) is 0 Å². The number of hydrogen-bond donors (Lipinski definition) is 1. The van der Waals surface area contributed by atoms with Gasteiger partial charge in [0.2, 0.25) is 5.17 Å². The second-order valence-electron chi connectivity index (χ2n) is 6.42. The molecule has 0 unspecified atom stereocenters. The van der Waals surface area contributed by atoms with E-state index in [1.165, 1.54) is 18.4 Å². The summed E-state index contributed by atoms with van der Waals surface area (Å²) in [6, 6.07) is 12.8. The molecule has 1 N–H and O–H groups in total. The number of carbonyl (C=O) groups excluding carboxylic acids is 1. The van der Waals surface area contributed by atoms with Crippen molar-refractivity contribution >= 4 is 50.8 Å². The Balaban J connectivity index is 1.56. The van der Waals surface area contributed by atoms with Gasteiger partial charge in [-0.1, -0.05) is 24.3 Å². The monoisotopic (exact) mass is 418 g/mol. The summed E-state index contributed by atoms with van der Waals surface area (Å²) in [7, 11) is 0. The highest BCUT2D eigenvalue weighted by molar-refractivity contribution is 8.27. The fourth-order valence-corrected chi connectivity index (χ4v) is 4.00. The lowest BCUT2D eigenvalue weighted by atomic mass is 10.1. The van der Waals surface area contributed by atoms with Gasteiger partial charge in [-0.3, -0.25) is 15.0 Å². The number of benzene rings is 2. The number of nitrogens with zero attached hydrogens (tertiary/aromatic N) is 3. The number of halogens is 1. The molecule has 2 aromatic carbocycles. The molecule has 146 valence electrons. The number of thioether (sulfide) groups is 1. The van der Waals surface area contributed by atoms with E-state index in [1.54, 1.807) is 42.5 Å². The fraction of sp³-hybridized carbons (Fsp3) is 0. The van der Waals surface area contributed by atoms with Crippen molar-refractivity contribution in [3.8, 4) is 0 Å². The third-order valence-electron chi connectivity index (χ3n) is 4.57. The Morgan fingerprint density at radius 1 is 1.10 bits per heavy atom. The Labute approximate surface area is 172 Å². The van der Waals surface area contributed by atoms with Crippen LogP contribution in [0, 0.1) is 11.2 Å². The third kappa shape index (κ3) is 2.87. The summed E-state index contributed by atoms with van der Waals surface area (Å²) in [6.07, 6.45) is 2.51. The number of carbonyl (C=O) groups is 1. The van der Waals surface area contributed by atoms with Crippen LogP contribution < -0.4 is 5.43 Å². The Bertz CT molecular complexity index is 1410. The molecule has 0 fully saturated rings. The van der Waals surface area contributed by atoms with Crippen molar-refractivity contribution in [1.29, 1.82) is 5.41 Å². The number of nitrogens with one attached hydrogen (secondary N) is 1. The Morgan fingerprint density at radius 2 is 1.87 bits per heavy atom. The minimum absolute atomic E-state index is 0.111. The number of aliphatic imine (C=N–C) groups is 1. The molecule has 9 heteroatoms. The first kappa shape index (κ1) is 18.2. The Kier molecular flexibility index (Phi) is 4.18. The van der Waals surface area contributed by atoms with Crippen molar-refractivity contribution in [3.05, 3.63) is 87.5 Å². The van der Waals surface area contributed by atoms with Crippen LogP contribution >= 0.6 is 11.8 Å². The first-order chi connectivity index (χ1) is 14.5. The predicted molar refractivity (Wildman–Crippen MR) is 113 cm³/mol. The topological polar surface area (TPSA) is 99.1 Å². The van der Waals surface area contributed by atoms with Gasteiger partial charge < -0.3 is 4.42 Å². The molecule has 2 aliphatic heterocycles. The molecular formula is C21H11FN4O3S. The molecule has 5 rings (SSSR count). The molecule has 0 atom stereocenters. The highest BCUT2D eigenvalue weighted by atomic mass is 32.2. The SMILES string of the molecule is N=C1/C(=C/c2coc3ccccc3c2=O)C(=O)N=C2SC(c3ccccc3F)=NN12. The van der Waals surface area contributed by atoms with E-state index < -0.39 is 11.7 Å². The highest BCUT2D eigenvalue weighted by Gasteiger charge is 2.36. The summed E-state index contributed by atoms with van der Waals surface area (Å²) >= 11 is 0.999. The van der Waals surface area contributed by atoms with Crippen LogP contribution in [0.15, 0.2) is 79.7 Å². The van der Waals surface area contributed by atoms with Gasteiger partial charge in [-0.25, -0.2) is 4.39 Å². The van der Waals surface area contributed by atoms with Crippen LogP contribution in [-0.2, 0) is 4.79 Å². The number of hydrazone groups is 1. The van der Waals surface area contributed by atoms with Gasteiger partial charge in [0, 0.05) is 5.56 Å². The highest BCUT2D eigenvalue weighted by Crippen LogP contribution is 2.31. The second kappa shape index (κ2) is 6.89. The van der Waals surface area contributed by atoms with E-state index >= 15 is 0 Å². The molecule has 0 aliphatic carbocycles. The van der Waals surface area contributed by atoms with Gasteiger partial charge in [0.05, 0.1) is 16.5 Å². The first-order valence-electron chi connectivity index (χ1n) is 8.78. The molecule has 0 saturated carbocycles. The summed E-state index contributed by atoms with van der Waals surface area (Å²) in [4.78, 5) is 29.2. The Hall–Kier alpha value is -3.85. The number of para-hydroxylation sites is 1. The number of fused-ring (bicyclic) bond motifs is 2. The molecule has 3 aromatic rings. The van der Waals surface area contributed by atoms with Gasteiger partial charge in [-0.05, 0) is 42.1 Å². The molecule has 1 aromatic heterocycles. The maximum Gasteiger partial charge on any atom is 0.283 e.